The van der Waals surface area contributed by atoms with Crippen LogP contribution in [-0.2, 0) is 28.5 Å². The van der Waals surface area contributed by atoms with E-state index in [-0.39, 0.29) is 24.4 Å². The van der Waals surface area contributed by atoms with Crippen LogP contribution in [0.3, 0.4) is 0 Å². The van der Waals surface area contributed by atoms with Gasteiger partial charge in [-0.1, -0.05) is 129 Å². The van der Waals surface area contributed by atoms with Gasteiger partial charge < -0.3 is 38.5 Å². The highest BCUT2D eigenvalue weighted by molar-refractivity contribution is 6.30. The van der Waals surface area contributed by atoms with Crippen LogP contribution < -0.4 is 9.80 Å². The minimum Gasteiger partial charge on any atom is -0.372 e. The first kappa shape index (κ1) is 47.8. The lowest BCUT2D eigenvalue weighted by Gasteiger charge is -2.28. The Kier molecular flexibility index (Phi) is 19.7. The number of unbranched alkanes of at least 4 members (excludes halogenated alkanes) is 12. The van der Waals surface area contributed by atoms with Crippen LogP contribution in [-0.4, -0.2) is 99.9 Å². The summed E-state index contributed by atoms with van der Waals surface area (Å²) < 4.78 is 23.3. The van der Waals surface area contributed by atoms with Crippen LogP contribution in [0.25, 0.3) is 11.4 Å². The number of carbonyl (C=O) groups excluding carboxylic acids is 2. The Hall–Kier alpha value is -3.70. The van der Waals surface area contributed by atoms with Crippen molar-refractivity contribution in [2.24, 2.45) is 0 Å². The molecule has 10 nitrogen and oxygen atoms in total. The highest BCUT2D eigenvalue weighted by Crippen LogP contribution is 2.47. The predicted octanol–water partition coefficient (Wildman–Crippen LogP) is 11.0. The number of amides is 2. The normalized spacial score (nSPS) is 17.2. The van der Waals surface area contributed by atoms with Crippen LogP contribution >= 0.6 is 0 Å². The third kappa shape index (κ3) is 12.7. The third-order valence-electron chi connectivity index (χ3n) is 12.9. The molecule has 4 heterocycles. The number of anilines is 2. The molecule has 0 atom stereocenters. The van der Waals surface area contributed by atoms with E-state index in [4.69, 9.17) is 18.9 Å². The molecule has 4 aliphatic rings. The van der Waals surface area contributed by atoms with E-state index in [2.05, 4.69) is 86.0 Å². The van der Waals surface area contributed by atoms with Gasteiger partial charge in [-0.25, -0.2) is 0 Å². The maximum Gasteiger partial charge on any atom is 0.261 e. The average Bonchev–Trinajstić information content (AvgIpc) is 4.12. The SMILES string of the molecule is CCCCCCN(CCCCCC)c1ccc(C2=C3C(=O)N(CCC4OCCO4)C(c4ccc(N(CCCCCC)CCCCCC)cc4)=C3C(=O)N2CCC2OCCO2)cc1. The fourth-order valence-corrected chi connectivity index (χ4v) is 9.36. The van der Waals surface area contributed by atoms with Gasteiger partial charge in [-0.3, -0.25) is 9.59 Å². The van der Waals surface area contributed by atoms with E-state index in [0.29, 0.717) is 74.9 Å². The Labute approximate surface area is 374 Å². The van der Waals surface area contributed by atoms with Crippen molar-refractivity contribution < 1.29 is 28.5 Å². The Morgan fingerprint density at radius 1 is 0.452 bits per heavy atom. The van der Waals surface area contributed by atoms with Gasteiger partial charge in [0.2, 0.25) is 0 Å². The molecule has 0 saturated carbocycles. The van der Waals surface area contributed by atoms with Gasteiger partial charge in [0.15, 0.2) is 12.6 Å². The molecule has 0 bridgehead atoms. The van der Waals surface area contributed by atoms with Crippen LogP contribution in [0, 0.1) is 0 Å². The van der Waals surface area contributed by atoms with Crippen molar-refractivity contribution in [3.05, 3.63) is 70.8 Å². The molecule has 2 aromatic rings. The number of benzene rings is 2. The molecule has 10 heteroatoms. The van der Waals surface area contributed by atoms with Gasteiger partial charge in [-0.15, -0.1) is 0 Å². The topological polar surface area (TPSA) is 84.0 Å². The van der Waals surface area contributed by atoms with Crippen LogP contribution in [0.5, 0.6) is 0 Å². The Morgan fingerprint density at radius 2 is 0.758 bits per heavy atom. The van der Waals surface area contributed by atoms with E-state index in [1.807, 2.05) is 9.80 Å². The second-order valence-electron chi connectivity index (χ2n) is 17.6. The quantitative estimate of drug-likeness (QED) is 0.0719. The molecule has 0 spiro atoms. The Morgan fingerprint density at radius 3 is 1.05 bits per heavy atom. The van der Waals surface area contributed by atoms with E-state index in [0.717, 1.165) is 37.3 Å². The number of hydrogen-bond acceptors (Lipinski definition) is 8. The van der Waals surface area contributed by atoms with Crippen molar-refractivity contribution in [3.63, 3.8) is 0 Å². The molecule has 2 saturated heterocycles. The maximum atomic E-state index is 15.0. The first-order valence-electron chi connectivity index (χ1n) is 24.8. The van der Waals surface area contributed by atoms with Crippen LogP contribution in [0.4, 0.5) is 11.4 Å². The first-order chi connectivity index (χ1) is 30.5. The van der Waals surface area contributed by atoms with Crippen molar-refractivity contribution in [2.45, 2.75) is 156 Å². The molecule has 2 amide bonds. The lowest BCUT2D eigenvalue weighted by Crippen LogP contribution is -2.33. The molecule has 62 heavy (non-hydrogen) atoms. The predicted molar refractivity (Wildman–Crippen MR) is 252 cm³/mol. The van der Waals surface area contributed by atoms with Gasteiger partial charge in [-0.2, -0.15) is 0 Å². The van der Waals surface area contributed by atoms with Crippen LogP contribution in [0.15, 0.2) is 59.7 Å². The van der Waals surface area contributed by atoms with Crippen LogP contribution in [0.2, 0.25) is 0 Å². The molecule has 0 unspecified atom stereocenters. The summed E-state index contributed by atoms with van der Waals surface area (Å²) in [7, 11) is 0. The molecule has 4 aliphatic heterocycles. The molecule has 2 fully saturated rings. The number of ether oxygens (including phenoxy) is 4. The summed E-state index contributed by atoms with van der Waals surface area (Å²) in [4.78, 5) is 38.8. The molecular formula is C52H78N4O6. The molecule has 342 valence electrons. The first-order valence-corrected chi connectivity index (χ1v) is 24.8. The molecule has 0 aliphatic carbocycles. The zero-order chi connectivity index (χ0) is 43.5. The van der Waals surface area contributed by atoms with Crippen LogP contribution in [0.1, 0.15) is 154 Å². The molecule has 2 aromatic carbocycles. The van der Waals surface area contributed by atoms with E-state index in [9.17, 15) is 0 Å². The molecule has 0 radical (unpaired) electrons. The van der Waals surface area contributed by atoms with E-state index < -0.39 is 0 Å². The van der Waals surface area contributed by atoms with Crippen molar-refractivity contribution in [1.29, 1.82) is 0 Å². The second kappa shape index (κ2) is 25.6. The lowest BCUT2D eigenvalue weighted by atomic mass is 10.0. The van der Waals surface area contributed by atoms with E-state index in [1.165, 1.54) is 114 Å². The van der Waals surface area contributed by atoms with Gasteiger partial charge >= 0.3 is 0 Å². The Bertz CT molecular complexity index is 1580. The smallest absolute Gasteiger partial charge is 0.261 e. The number of rotatable bonds is 30. The minimum absolute atomic E-state index is 0.151. The van der Waals surface area contributed by atoms with Crippen molar-refractivity contribution in [1.82, 2.24) is 9.80 Å². The maximum absolute atomic E-state index is 15.0. The van der Waals surface area contributed by atoms with Crippen molar-refractivity contribution >= 4 is 34.6 Å². The summed E-state index contributed by atoms with van der Waals surface area (Å²) in [6.45, 7) is 16.1. The fraction of sp³-hybridized carbons (Fsp3) is 0.654. The molecule has 0 aromatic heterocycles. The zero-order valence-corrected chi connectivity index (χ0v) is 38.8. The Balaban J connectivity index is 1.36. The summed E-state index contributed by atoms with van der Waals surface area (Å²) in [6.07, 6.45) is 19.8. The molecule has 0 N–H and O–H groups in total. The van der Waals surface area contributed by atoms with E-state index >= 15 is 9.59 Å². The highest BCUT2D eigenvalue weighted by atomic mass is 16.7. The largest absolute Gasteiger partial charge is 0.372 e. The summed E-state index contributed by atoms with van der Waals surface area (Å²) in [5.41, 5.74) is 6.42. The van der Waals surface area contributed by atoms with Gasteiger partial charge in [0.25, 0.3) is 11.8 Å². The summed E-state index contributed by atoms with van der Waals surface area (Å²) in [5, 5.41) is 0. The minimum atomic E-state index is -0.377. The van der Waals surface area contributed by atoms with Crippen molar-refractivity contribution in [2.75, 3.05) is 75.5 Å². The summed E-state index contributed by atoms with van der Waals surface area (Å²) in [5.74, 6) is -0.301. The fourth-order valence-electron chi connectivity index (χ4n) is 9.36. The zero-order valence-electron chi connectivity index (χ0n) is 38.8. The van der Waals surface area contributed by atoms with E-state index in [1.54, 1.807) is 0 Å². The third-order valence-corrected chi connectivity index (χ3v) is 12.9. The summed E-state index contributed by atoms with van der Waals surface area (Å²) >= 11 is 0. The van der Waals surface area contributed by atoms with Gasteiger partial charge in [0.05, 0.1) is 49.0 Å². The highest BCUT2D eigenvalue weighted by Gasteiger charge is 2.49. The van der Waals surface area contributed by atoms with Gasteiger partial charge in [0.1, 0.15) is 0 Å². The van der Waals surface area contributed by atoms with Gasteiger partial charge in [0, 0.05) is 63.5 Å². The van der Waals surface area contributed by atoms with Crippen molar-refractivity contribution in [3.8, 4) is 0 Å². The monoisotopic (exact) mass is 855 g/mol. The number of carbonyl (C=O) groups is 2. The average molecular weight is 855 g/mol. The van der Waals surface area contributed by atoms with Gasteiger partial charge in [-0.05, 0) is 61.1 Å². The number of fused-ring (bicyclic) bond motifs is 1. The standard InChI is InChI=1S/C52H78N4O6/c1-5-9-13-17-31-53(32-18-14-10-6-2)43-25-21-41(22-26-43)49-47-48(52(58)55(49)35-29-45-59-37-38-60-45)50(56(51(47)57)36-30-46-61-39-40-62-46)42-23-27-44(28-24-42)54(33-19-15-11-7-3)34-20-16-12-8-4/h21-28,45-46H,5-20,29-40H2,1-4H3. The number of hydrogen-bond donors (Lipinski definition) is 0. The molecular weight excluding hydrogens is 777 g/mol. The molecule has 6 rings (SSSR count). The summed E-state index contributed by atoms with van der Waals surface area (Å²) in [6, 6.07) is 17.2. The lowest BCUT2D eigenvalue weighted by molar-refractivity contribution is -0.125. The second-order valence-corrected chi connectivity index (χ2v) is 17.6. The number of nitrogens with zero attached hydrogens (tertiary/aromatic N) is 4.